The molecule has 0 aromatic carbocycles. The molecule has 1 aromatic heterocycles. The maximum absolute atomic E-state index is 6.28. The summed E-state index contributed by atoms with van der Waals surface area (Å²) in [5, 5.41) is 0. The van der Waals surface area contributed by atoms with Crippen LogP contribution in [0, 0.1) is 5.92 Å². The number of aromatic nitrogens is 2. The van der Waals surface area contributed by atoms with Gasteiger partial charge in [0.05, 0.1) is 12.0 Å². The second-order valence-corrected chi connectivity index (χ2v) is 6.72. The van der Waals surface area contributed by atoms with Crippen molar-refractivity contribution in [1.82, 2.24) is 9.55 Å². The zero-order valence-corrected chi connectivity index (χ0v) is 14.4. The Morgan fingerprint density at radius 3 is 2.29 bits per heavy atom. The molecule has 0 radical (unpaired) electrons. The van der Waals surface area contributed by atoms with Crippen LogP contribution in [-0.4, -0.2) is 9.55 Å². The molecule has 1 unspecified atom stereocenters. The first-order chi connectivity index (χ1) is 10.1. The molecule has 0 fully saturated rings. The van der Waals surface area contributed by atoms with Crippen LogP contribution in [0.15, 0.2) is 12.5 Å². The highest BCUT2D eigenvalue weighted by Gasteiger charge is 2.12. The molecule has 1 rings (SSSR count). The Hall–Kier alpha value is -0.830. The first kappa shape index (κ1) is 18.2. The minimum atomic E-state index is 0.126. The Bertz CT molecular complexity index is 357. The Morgan fingerprint density at radius 2 is 1.67 bits per heavy atom. The van der Waals surface area contributed by atoms with Crippen LogP contribution in [-0.2, 0) is 6.54 Å². The largest absolute Gasteiger partial charge is 0.333 e. The molecule has 0 amide bonds. The smallest absolute Gasteiger partial charge is 0.0948 e. The summed E-state index contributed by atoms with van der Waals surface area (Å²) in [5.41, 5.74) is 7.48. The number of nitrogens with two attached hydrogens (primary N) is 1. The lowest BCUT2D eigenvalue weighted by Crippen LogP contribution is -2.17. The number of imidazole rings is 1. The van der Waals surface area contributed by atoms with Crippen LogP contribution in [0.2, 0.25) is 0 Å². The van der Waals surface area contributed by atoms with Crippen LogP contribution in [0.3, 0.4) is 0 Å². The molecule has 1 heterocycles. The standard InChI is InChI=1S/C18H35N3/c1-4-5-6-7-8-9-10-11-12-21-15-20-14-18(21)17(19)13-16(2)3/h14-17H,4-13,19H2,1-3H3. The van der Waals surface area contributed by atoms with Crippen molar-refractivity contribution in [2.24, 2.45) is 11.7 Å². The monoisotopic (exact) mass is 293 g/mol. The average molecular weight is 293 g/mol. The fourth-order valence-electron chi connectivity index (χ4n) is 2.87. The van der Waals surface area contributed by atoms with Gasteiger partial charge in [0.2, 0.25) is 0 Å². The molecule has 0 aliphatic carbocycles. The van der Waals surface area contributed by atoms with Gasteiger partial charge >= 0.3 is 0 Å². The third-order valence-electron chi connectivity index (χ3n) is 4.10. The van der Waals surface area contributed by atoms with Gasteiger partial charge in [0.1, 0.15) is 0 Å². The minimum Gasteiger partial charge on any atom is -0.333 e. The third-order valence-corrected chi connectivity index (χ3v) is 4.10. The molecule has 0 saturated heterocycles. The first-order valence-electron chi connectivity index (χ1n) is 8.90. The molecular formula is C18H35N3. The van der Waals surface area contributed by atoms with Crippen LogP contribution in [0.25, 0.3) is 0 Å². The van der Waals surface area contributed by atoms with Crippen LogP contribution in [0.1, 0.15) is 90.3 Å². The lowest BCUT2D eigenvalue weighted by atomic mass is 10.0. The molecule has 21 heavy (non-hydrogen) atoms. The molecule has 1 atom stereocenters. The Balaban J connectivity index is 2.19. The molecular weight excluding hydrogens is 258 g/mol. The van der Waals surface area contributed by atoms with E-state index in [9.17, 15) is 0 Å². The maximum atomic E-state index is 6.28. The van der Waals surface area contributed by atoms with Gasteiger partial charge < -0.3 is 10.3 Å². The Kier molecular flexibility index (Phi) is 9.40. The van der Waals surface area contributed by atoms with E-state index in [1.807, 2.05) is 12.5 Å². The van der Waals surface area contributed by atoms with Crippen molar-refractivity contribution in [3.8, 4) is 0 Å². The van der Waals surface area contributed by atoms with E-state index in [2.05, 4.69) is 30.3 Å². The topological polar surface area (TPSA) is 43.8 Å². The van der Waals surface area contributed by atoms with E-state index in [0.717, 1.165) is 13.0 Å². The molecule has 122 valence electrons. The molecule has 0 bridgehead atoms. The molecule has 1 aromatic rings. The third kappa shape index (κ3) is 7.66. The van der Waals surface area contributed by atoms with Gasteiger partial charge in [0, 0.05) is 18.8 Å². The molecule has 2 N–H and O–H groups in total. The van der Waals surface area contributed by atoms with E-state index >= 15 is 0 Å². The lowest BCUT2D eigenvalue weighted by Gasteiger charge is -2.16. The summed E-state index contributed by atoms with van der Waals surface area (Å²) in [4.78, 5) is 4.28. The van der Waals surface area contributed by atoms with E-state index in [1.165, 1.54) is 57.1 Å². The highest BCUT2D eigenvalue weighted by atomic mass is 15.1. The van der Waals surface area contributed by atoms with Gasteiger partial charge in [-0.3, -0.25) is 0 Å². The van der Waals surface area contributed by atoms with Gasteiger partial charge in [0.25, 0.3) is 0 Å². The Labute approximate surface area is 131 Å². The fraction of sp³-hybridized carbons (Fsp3) is 0.833. The lowest BCUT2D eigenvalue weighted by molar-refractivity contribution is 0.473. The SMILES string of the molecule is CCCCCCCCCCn1cncc1C(N)CC(C)C. The van der Waals surface area contributed by atoms with Crippen LogP contribution < -0.4 is 5.73 Å². The summed E-state index contributed by atoms with van der Waals surface area (Å²) in [6.07, 6.45) is 15.8. The predicted octanol–water partition coefficient (Wildman–Crippen LogP) is 5.07. The quantitative estimate of drug-likeness (QED) is 0.547. The van der Waals surface area contributed by atoms with E-state index in [-0.39, 0.29) is 6.04 Å². The average Bonchev–Trinajstić information content (AvgIpc) is 2.89. The van der Waals surface area contributed by atoms with Crippen molar-refractivity contribution in [1.29, 1.82) is 0 Å². The summed E-state index contributed by atoms with van der Waals surface area (Å²) >= 11 is 0. The first-order valence-corrected chi connectivity index (χ1v) is 8.90. The zero-order chi connectivity index (χ0) is 15.5. The molecule has 0 aliphatic rings. The van der Waals surface area contributed by atoms with Crippen molar-refractivity contribution >= 4 is 0 Å². The van der Waals surface area contributed by atoms with Gasteiger partial charge in [-0.05, 0) is 18.8 Å². The summed E-state index contributed by atoms with van der Waals surface area (Å²) in [6.45, 7) is 7.78. The van der Waals surface area contributed by atoms with Gasteiger partial charge in [-0.25, -0.2) is 4.98 Å². The van der Waals surface area contributed by atoms with E-state index in [0.29, 0.717) is 5.92 Å². The summed E-state index contributed by atoms with van der Waals surface area (Å²) in [5.74, 6) is 0.631. The van der Waals surface area contributed by atoms with Crippen molar-refractivity contribution in [2.45, 2.75) is 91.1 Å². The highest BCUT2D eigenvalue weighted by Crippen LogP contribution is 2.19. The second kappa shape index (κ2) is 10.8. The maximum Gasteiger partial charge on any atom is 0.0948 e. The molecule has 3 nitrogen and oxygen atoms in total. The van der Waals surface area contributed by atoms with Gasteiger partial charge in [0.15, 0.2) is 0 Å². The van der Waals surface area contributed by atoms with Crippen LogP contribution in [0.5, 0.6) is 0 Å². The summed E-state index contributed by atoms with van der Waals surface area (Å²) in [6, 6.07) is 0.126. The normalized spacial score (nSPS) is 13.0. The number of hydrogen-bond acceptors (Lipinski definition) is 2. The number of nitrogens with zero attached hydrogens (tertiary/aromatic N) is 2. The molecule has 3 heteroatoms. The number of unbranched alkanes of at least 4 members (excludes halogenated alkanes) is 7. The number of aryl methyl sites for hydroxylation is 1. The molecule has 0 spiro atoms. The van der Waals surface area contributed by atoms with Gasteiger partial charge in [-0.15, -0.1) is 0 Å². The van der Waals surface area contributed by atoms with E-state index < -0.39 is 0 Å². The van der Waals surface area contributed by atoms with Crippen LogP contribution >= 0.6 is 0 Å². The highest BCUT2D eigenvalue weighted by molar-refractivity contribution is 5.04. The van der Waals surface area contributed by atoms with Crippen LogP contribution in [0.4, 0.5) is 0 Å². The summed E-state index contributed by atoms with van der Waals surface area (Å²) < 4.78 is 2.25. The van der Waals surface area contributed by atoms with Crippen molar-refractivity contribution < 1.29 is 0 Å². The van der Waals surface area contributed by atoms with Crippen molar-refractivity contribution in [3.63, 3.8) is 0 Å². The fourth-order valence-corrected chi connectivity index (χ4v) is 2.87. The predicted molar refractivity (Wildman–Crippen MR) is 91.2 cm³/mol. The van der Waals surface area contributed by atoms with Crippen molar-refractivity contribution in [3.05, 3.63) is 18.2 Å². The zero-order valence-electron chi connectivity index (χ0n) is 14.4. The molecule has 0 saturated carbocycles. The second-order valence-electron chi connectivity index (χ2n) is 6.72. The van der Waals surface area contributed by atoms with Gasteiger partial charge in [-0.1, -0.05) is 65.7 Å². The van der Waals surface area contributed by atoms with E-state index in [1.54, 1.807) is 0 Å². The number of hydrogen-bond donors (Lipinski definition) is 1. The van der Waals surface area contributed by atoms with Gasteiger partial charge in [-0.2, -0.15) is 0 Å². The number of rotatable bonds is 12. The molecule has 0 aliphatic heterocycles. The van der Waals surface area contributed by atoms with E-state index in [4.69, 9.17) is 5.73 Å². The van der Waals surface area contributed by atoms with Crippen molar-refractivity contribution in [2.75, 3.05) is 0 Å². The Morgan fingerprint density at radius 1 is 1.05 bits per heavy atom. The minimum absolute atomic E-state index is 0.126. The summed E-state index contributed by atoms with van der Waals surface area (Å²) in [7, 11) is 0.